The third-order valence-electron chi connectivity index (χ3n) is 3.71. The zero-order valence-electron chi connectivity index (χ0n) is 14.5. The maximum atomic E-state index is 6.33. The maximum absolute atomic E-state index is 6.33. The first-order valence-corrected chi connectivity index (χ1v) is 8.06. The molecule has 0 spiro atoms. The third-order valence-corrected chi connectivity index (χ3v) is 3.71. The van der Waals surface area contributed by atoms with Crippen LogP contribution >= 0.6 is 0 Å². The Morgan fingerprint density at radius 1 is 1.00 bits per heavy atom. The van der Waals surface area contributed by atoms with Crippen molar-refractivity contribution in [3.05, 3.63) is 35.4 Å². The maximum Gasteiger partial charge on any atom is 0.0424 e. The lowest BCUT2D eigenvalue weighted by Gasteiger charge is -2.22. The van der Waals surface area contributed by atoms with E-state index in [1.807, 2.05) is 0 Å². The number of benzene rings is 1. The zero-order chi connectivity index (χ0) is 15.8. The van der Waals surface area contributed by atoms with Crippen LogP contribution in [0.25, 0.3) is 0 Å². The number of nitrogens with two attached hydrogens (primary N) is 1. The third kappa shape index (κ3) is 7.60. The number of hydrogen-bond acceptors (Lipinski definition) is 3. The predicted octanol–water partition coefficient (Wildman–Crippen LogP) is 2.77. The minimum absolute atomic E-state index is 0.0995. The van der Waals surface area contributed by atoms with Gasteiger partial charge in [-0.2, -0.15) is 0 Å². The Morgan fingerprint density at radius 2 is 1.62 bits per heavy atom. The molecular formula is C18H33N3. The molecule has 0 aliphatic carbocycles. The summed E-state index contributed by atoms with van der Waals surface area (Å²) in [5.41, 5.74) is 8.97. The molecule has 21 heavy (non-hydrogen) atoms. The molecule has 0 bridgehead atoms. The van der Waals surface area contributed by atoms with E-state index in [1.54, 1.807) is 0 Å². The predicted molar refractivity (Wildman–Crippen MR) is 92.6 cm³/mol. The Labute approximate surface area is 131 Å². The number of hydrogen-bond donors (Lipinski definition) is 1. The van der Waals surface area contributed by atoms with Gasteiger partial charge < -0.3 is 15.5 Å². The van der Waals surface area contributed by atoms with Crippen LogP contribution in [0.1, 0.15) is 37.4 Å². The van der Waals surface area contributed by atoms with E-state index in [2.05, 4.69) is 69.1 Å². The summed E-state index contributed by atoms with van der Waals surface area (Å²) in [5.74, 6) is 0.701. The molecule has 1 atom stereocenters. The Morgan fingerprint density at radius 3 is 2.14 bits per heavy atom. The van der Waals surface area contributed by atoms with E-state index < -0.39 is 0 Å². The van der Waals surface area contributed by atoms with Crippen LogP contribution in [0.2, 0.25) is 0 Å². The summed E-state index contributed by atoms with van der Waals surface area (Å²) < 4.78 is 0. The average Bonchev–Trinajstić information content (AvgIpc) is 2.38. The van der Waals surface area contributed by atoms with Crippen LogP contribution in [-0.2, 0) is 6.42 Å². The van der Waals surface area contributed by atoms with Crippen LogP contribution in [0.5, 0.6) is 0 Å². The Balaban J connectivity index is 2.42. The van der Waals surface area contributed by atoms with Gasteiger partial charge in [0.25, 0.3) is 0 Å². The lowest BCUT2D eigenvalue weighted by Crippen LogP contribution is -2.31. The first kappa shape index (κ1) is 18.1. The SMILES string of the molecule is CC(C)Cc1ccc(C(N)CN(C)CCCN(C)C)cc1. The van der Waals surface area contributed by atoms with Crippen molar-refractivity contribution in [1.29, 1.82) is 0 Å². The van der Waals surface area contributed by atoms with Crippen LogP contribution in [0, 0.1) is 5.92 Å². The van der Waals surface area contributed by atoms with E-state index in [0.717, 1.165) is 26.1 Å². The molecule has 0 saturated carbocycles. The van der Waals surface area contributed by atoms with Crippen molar-refractivity contribution in [3.8, 4) is 0 Å². The number of nitrogens with zero attached hydrogens (tertiary/aromatic N) is 2. The second-order valence-corrected chi connectivity index (χ2v) is 6.87. The molecule has 1 aromatic rings. The zero-order valence-corrected chi connectivity index (χ0v) is 14.5. The second kappa shape index (κ2) is 9.19. The van der Waals surface area contributed by atoms with Crippen molar-refractivity contribution >= 4 is 0 Å². The highest BCUT2D eigenvalue weighted by molar-refractivity contribution is 5.25. The van der Waals surface area contributed by atoms with Crippen molar-refractivity contribution in [3.63, 3.8) is 0 Å². The highest BCUT2D eigenvalue weighted by Gasteiger charge is 2.09. The highest BCUT2D eigenvalue weighted by Crippen LogP contribution is 2.15. The molecular weight excluding hydrogens is 258 g/mol. The fraction of sp³-hybridized carbons (Fsp3) is 0.667. The van der Waals surface area contributed by atoms with E-state index in [-0.39, 0.29) is 6.04 Å². The van der Waals surface area contributed by atoms with E-state index in [1.165, 1.54) is 17.5 Å². The standard InChI is InChI=1S/C18H33N3/c1-15(2)13-16-7-9-17(10-8-16)18(19)14-21(5)12-6-11-20(3)4/h7-10,15,18H,6,11-14,19H2,1-5H3. The van der Waals surface area contributed by atoms with Gasteiger partial charge in [-0.05, 0) is 64.1 Å². The fourth-order valence-corrected chi connectivity index (χ4v) is 2.56. The Kier molecular flexibility index (Phi) is 7.94. The van der Waals surface area contributed by atoms with Gasteiger partial charge in [0.2, 0.25) is 0 Å². The van der Waals surface area contributed by atoms with Crippen molar-refractivity contribution < 1.29 is 0 Å². The van der Waals surface area contributed by atoms with Crippen molar-refractivity contribution in [2.24, 2.45) is 11.7 Å². The molecule has 1 aromatic carbocycles. The lowest BCUT2D eigenvalue weighted by atomic mass is 9.99. The average molecular weight is 291 g/mol. The molecule has 3 heteroatoms. The fourth-order valence-electron chi connectivity index (χ4n) is 2.56. The summed E-state index contributed by atoms with van der Waals surface area (Å²) in [4.78, 5) is 4.55. The molecule has 0 aromatic heterocycles. The molecule has 0 heterocycles. The summed E-state index contributed by atoms with van der Waals surface area (Å²) in [7, 11) is 6.39. The van der Waals surface area contributed by atoms with Gasteiger partial charge in [-0.25, -0.2) is 0 Å². The number of rotatable bonds is 9. The van der Waals surface area contributed by atoms with Crippen LogP contribution < -0.4 is 5.73 Å². The van der Waals surface area contributed by atoms with Crippen molar-refractivity contribution in [2.75, 3.05) is 40.8 Å². The Hall–Kier alpha value is -0.900. The van der Waals surface area contributed by atoms with Crippen molar-refractivity contribution in [2.45, 2.75) is 32.7 Å². The van der Waals surface area contributed by atoms with Gasteiger partial charge >= 0.3 is 0 Å². The summed E-state index contributed by atoms with van der Waals surface area (Å²) in [6.07, 6.45) is 2.32. The molecule has 120 valence electrons. The molecule has 0 radical (unpaired) electrons. The van der Waals surface area contributed by atoms with Crippen LogP contribution in [0.4, 0.5) is 0 Å². The van der Waals surface area contributed by atoms with Gasteiger partial charge in [-0.1, -0.05) is 38.1 Å². The van der Waals surface area contributed by atoms with E-state index >= 15 is 0 Å². The Bertz CT molecular complexity index is 384. The summed E-state index contributed by atoms with van der Waals surface area (Å²) >= 11 is 0. The molecule has 3 nitrogen and oxygen atoms in total. The first-order valence-electron chi connectivity index (χ1n) is 8.06. The van der Waals surface area contributed by atoms with E-state index in [9.17, 15) is 0 Å². The largest absolute Gasteiger partial charge is 0.323 e. The van der Waals surface area contributed by atoms with Gasteiger partial charge in [0.05, 0.1) is 0 Å². The first-order chi connectivity index (χ1) is 9.88. The summed E-state index contributed by atoms with van der Waals surface area (Å²) in [6, 6.07) is 8.93. The minimum Gasteiger partial charge on any atom is -0.323 e. The number of likely N-dealkylation sites (N-methyl/N-ethyl adjacent to an activating group) is 1. The quantitative estimate of drug-likeness (QED) is 0.759. The van der Waals surface area contributed by atoms with Crippen molar-refractivity contribution in [1.82, 2.24) is 9.80 Å². The van der Waals surface area contributed by atoms with Gasteiger partial charge in [-0.3, -0.25) is 0 Å². The molecule has 1 unspecified atom stereocenters. The smallest absolute Gasteiger partial charge is 0.0424 e. The highest BCUT2D eigenvalue weighted by atomic mass is 15.1. The molecule has 0 saturated heterocycles. The van der Waals surface area contributed by atoms with Gasteiger partial charge in [0.15, 0.2) is 0 Å². The lowest BCUT2D eigenvalue weighted by molar-refractivity contribution is 0.286. The van der Waals surface area contributed by atoms with Crippen LogP contribution in [0.15, 0.2) is 24.3 Å². The minimum atomic E-state index is 0.0995. The van der Waals surface area contributed by atoms with Crippen LogP contribution in [-0.4, -0.2) is 50.6 Å². The summed E-state index contributed by atoms with van der Waals surface area (Å²) in [6.45, 7) is 7.64. The van der Waals surface area contributed by atoms with Crippen LogP contribution in [0.3, 0.4) is 0 Å². The molecule has 0 aliphatic rings. The van der Waals surface area contributed by atoms with Gasteiger partial charge in [0.1, 0.15) is 0 Å². The topological polar surface area (TPSA) is 32.5 Å². The molecule has 0 fully saturated rings. The molecule has 1 rings (SSSR count). The monoisotopic (exact) mass is 291 g/mol. The molecule has 2 N–H and O–H groups in total. The van der Waals surface area contributed by atoms with E-state index in [4.69, 9.17) is 5.73 Å². The summed E-state index contributed by atoms with van der Waals surface area (Å²) in [5, 5.41) is 0. The van der Waals surface area contributed by atoms with E-state index in [0.29, 0.717) is 5.92 Å². The van der Waals surface area contributed by atoms with Gasteiger partial charge in [-0.15, -0.1) is 0 Å². The normalized spacial score (nSPS) is 13.4. The second-order valence-electron chi connectivity index (χ2n) is 6.87. The van der Waals surface area contributed by atoms with Gasteiger partial charge in [0, 0.05) is 12.6 Å². The molecule has 0 aliphatic heterocycles. The molecule has 0 amide bonds.